The number of ether oxygens (including phenoxy) is 1. The van der Waals surface area contributed by atoms with Crippen LogP contribution in [-0.2, 0) is 13.0 Å². The first-order valence-corrected chi connectivity index (χ1v) is 6.33. The maximum absolute atomic E-state index is 13.5. The predicted octanol–water partition coefficient (Wildman–Crippen LogP) is 3.67. The lowest BCUT2D eigenvalue weighted by molar-refractivity contribution is 0.0692. The Morgan fingerprint density at radius 1 is 1.20 bits per heavy atom. The van der Waals surface area contributed by atoms with Gasteiger partial charge in [0.2, 0.25) is 0 Å². The largest absolute Gasteiger partial charge is 0.489 e. The van der Waals surface area contributed by atoms with Gasteiger partial charge in [0, 0.05) is 0 Å². The lowest BCUT2D eigenvalue weighted by Crippen LogP contribution is -2.03. The minimum atomic E-state index is -1.27. The van der Waals surface area contributed by atoms with E-state index >= 15 is 0 Å². The summed E-state index contributed by atoms with van der Waals surface area (Å²) in [4.78, 5) is 10.7. The lowest BCUT2D eigenvalue weighted by atomic mass is 10.1. The molecule has 1 N–H and O–H groups in total. The summed E-state index contributed by atoms with van der Waals surface area (Å²) in [5, 5.41) is 8.75. The number of rotatable bonds is 5. The molecule has 0 aliphatic carbocycles. The molecule has 0 unspecified atom stereocenters. The lowest BCUT2D eigenvalue weighted by Gasteiger charge is -2.08. The molecule has 0 saturated carbocycles. The van der Waals surface area contributed by atoms with Gasteiger partial charge in [-0.1, -0.05) is 25.1 Å². The van der Waals surface area contributed by atoms with Crippen LogP contribution in [-0.4, -0.2) is 11.1 Å². The molecule has 0 radical (unpaired) electrons. The van der Waals surface area contributed by atoms with Gasteiger partial charge in [-0.3, -0.25) is 0 Å². The van der Waals surface area contributed by atoms with Crippen LogP contribution in [0.4, 0.5) is 4.39 Å². The van der Waals surface area contributed by atoms with Gasteiger partial charge in [-0.2, -0.15) is 0 Å². The van der Waals surface area contributed by atoms with Crippen LogP contribution in [0.5, 0.6) is 5.75 Å². The standard InChI is InChI=1S/C16H15FO3/c1-2-11-4-3-5-13(8-11)20-10-12-6-7-14(16(18)19)15(17)9-12/h3-9H,2,10H2,1H3,(H,18,19). The van der Waals surface area contributed by atoms with Crippen molar-refractivity contribution in [3.63, 3.8) is 0 Å². The molecule has 0 fully saturated rings. The molecule has 0 heterocycles. The summed E-state index contributed by atoms with van der Waals surface area (Å²) in [6, 6.07) is 11.7. The Kier molecular flexibility index (Phi) is 4.35. The summed E-state index contributed by atoms with van der Waals surface area (Å²) in [5.41, 5.74) is 1.42. The van der Waals surface area contributed by atoms with Crippen LogP contribution in [0.1, 0.15) is 28.4 Å². The van der Waals surface area contributed by atoms with Gasteiger partial charge in [-0.15, -0.1) is 0 Å². The Morgan fingerprint density at radius 3 is 2.65 bits per heavy atom. The van der Waals surface area contributed by atoms with Gasteiger partial charge in [0.25, 0.3) is 0 Å². The van der Waals surface area contributed by atoms with Gasteiger partial charge in [0.15, 0.2) is 0 Å². The van der Waals surface area contributed by atoms with Crippen molar-refractivity contribution in [3.05, 3.63) is 65.0 Å². The van der Waals surface area contributed by atoms with E-state index in [1.807, 2.05) is 24.3 Å². The van der Waals surface area contributed by atoms with E-state index in [9.17, 15) is 9.18 Å². The number of benzene rings is 2. The molecule has 0 aromatic heterocycles. The zero-order chi connectivity index (χ0) is 14.5. The average molecular weight is 274 g/mol. The number of aromatic carboxylic acids is 1. The number of halogens is 1. The van der Waals surface area contributed by atoms with Crippen molar-refractivity contribution >= 4 is 5.97 Å². The summed E-state index contributed by atoms with van der Waals surface area (Å²) < 4.78 is 19.1. The highest BCUT2D eigenvalue weighted by atomic mass is 19.1. The first kappa shape index (κ1) is 14.1. The van der Waals surface area contributed by atoms with Gasteiger partial charge < -0.3 is 9.84 Å². The first-order valence-electron chi connectivity index (χ1n) is 6.33. The Hall–Kier alpha value is -2.36. The van der Waals surface area contributed by atoms with E-state index in [1.54, 1.807) is 6.07 Å². The van der Waals surface area contributed by atoms with Crippen molar-refractivity contribution in [3.8, 4) is 5.75 Å². The van der Waals surface area contributed by atoms with E-state index in [0.29, 0.717) is 11.3 Å². The normalized spacial score (nSPS) is 10.3. The Morgan fingerprint density at radius 2 is 2.00 bits per heavy atom. The molecular weight excluding hydrogens is 259 g/mol. The van der Waals surface area contributed by atoms with Crippen molar-refractivity contribution in [2.75, 3.05) is 0 Å². The number of hydrogen-bond acceptors (Lipinski definition) is 2. The van der Waals surface area contributed by atoms with E-state index in [2.05, 4.69) is 6.92 Å². The van der Waals surface area contributed by atoms with E-state index in [1.165, 1.54) is 12.1 Å². The van der Waals surface area contributed by atoms with E-state index in [4.69, 9.17) is 9.84 Å². The van der Waals surface area contributed by atoms with Gasteiger partial charge in [-0.25, -0.2) is 9.18 Å². The zero-order valence-corrected chi connectivity index (χ0v) is 11.1. The molecule has 2 rings (SSSR count). The summed E-state index contributed by atoms with van der Waals surface area (Å²) in [6.45, 7) is 2.25. The van der Waals surface area contributed by atoms with Crippen LogP contribution >= 0.6 is 0 Å². The van der Waals surface area contributed by atoms with Crippen molar-refractivity contribution < 1.29 is 19.0 Å². The second-order valence-electron chi connectivity index (χ2n) is 4.41. The first-order chi connectivity index (χ1) is 9.60. The highest BCUT2D eigenvalue weighted by Gasteiger charge is 2.10. The Bertz CT molecular complexity index is 623. The van der Waals surface area contributed by atoms with Crippen molar-refractivity contribution in [1.29, 1.82) is 0 Å². The predicted molar refractivity (Wildman–Crippen MR) is 73.5 cm³/mol. The summed E-state index contributed by atoms with van der Waals surface area (Å²) in [6.07, 6.45) is 0.916. The molecule has 0 atom stereocenters. The maximum Gasteiger partial charge on any atom is 0.338 e. The number of carboxylic acid groups (broad SMARTS) is 1. The maximum atomic E-state index is 13.5. The SMILES string of the molecule is CCc1cccc(OCc2ccc(C(=O)O)c(F)c2)c1. The minimum absolute atomic E-state index is 0.198. The van der Waals surface area contributed by atoms with Crippen LogP contribution in [0.2, 0.25) is 0 Å². The van der Waals surface area contributed by atoms with Crippen LogP contribution in [0.25, 0.3) is 0 Å². The molecule has 0 bridgehead atoms. The van der Waals surface area contributed by atoms with E-state index in [-0.39, 0.29) is 12.2 Å². The van der Waals surface area contributed by atoms with Gasteiger partial charge in [0.05, 0.1) is 5.56 Å². The highest BCUT2D eigenvalue weighted by Crippen LogP contribution is 2.17. The van der Waals surface area contributed by atoms with Crippen LogP contribution in [0.3, 0.4) is 0 Å². The number of carboxylic acids is 1. The number of aryl methyl sites for hydroxylation is 1. The Balaban J connectivity index is 2.07. The summed E-state index contributed by atoms with van der Waals surface area (Å²) in [7, 11) is 0. The zero-order valence-electron chi connectivity index (χ0n) is 11.1. The monoisotopic (exact) mass is 274 g/mol. The molecule has 2 aromatic carbocycles. The molecule has 0 aliphatic heterocycles. The second kappa shape index (κ2) is 6.19. The molecule has 0 aliphatic rings. The average Bonchev–Trinajstić information content (AvgIpc) is 2.45. The Labute approximate surface area is 116 Å². The van der Waals surface area contributed by atoms with Gasteiger partial charge in [0.1, 0.15) is 18.2 Å². The summed E-state index contributed by atoms with van der Waals surface area (Å²) in [5.74, 6) is -1.31. The molecule has 104 valence electrons. The third-order valence-corrected chi connectivity index (χ3v) is 2.98. The van der Waals surface area contributed by atoms with Crippen molar-refractivity contribution in [2.45, 2.75) is 20.0 Å². The topological polar surface area (TPSA) is 46.5 Å². The molecule has 4 heteroatoms. The van der Waals surface area contributed by atoms with E-state index in [0.717, 1.165) is 12.0 Å². The van der Waals surface area contributed by atoms with Crippen LogP contribution < -0.4 is 4.74 Å². The summed E-state index contributed by atoms with van der Waals surface area (Å²) >= 11 is 0. The third-order valence-electron chi connectivity index (χ3n) is 2.98. The molecule has 3 nitrogen and oxygen atoms in total. The minimum Gasteiger partial charge on any atom is -0.489 e. The molecule has 0 spiro atoms. The molecule has 0 saturated heterocycles. The fourth-order valence-electron chi connectivity index (χ4n) is 1.84. The van der Waals surface area contributed by atoms with Crippen molar-refractivity contribution in [2.24, 2.45) is 0 Å². The smallest absolute Gasteiger partial charge is 0.338 e. The quantitative estimate of drug-likeness (QED) is 0.905. The third kappa shape index (κ3) is 3.35. The molecule has 0 amide bonds. The highest BCUT2D eigenvalue weighted by molar-refractivity contribution is 5.87. The van der Waals surface area contributed by atoms with Crippen LogP contribution in [0, 0.1) is 5.82 Å². The van der Waals surface area contributed by atoms with Gasteiger partial charge in [-0.05, 0) is 41.8 Å². The molecule has 2 aromatic rings. The number of hydrogen-bond donors (Lipinski definition) is 1. The fourth-order valence-corrected chi connectivity index (χ4v) is 1.84. The molecule has 20 heavy (non-hydrogen) atoms. The molecular formula is C16H15FO3. The van der Waals surface area contributed by atoms with Crippen molar-refractivity contribution in [1.82, 2.24) is 0 Å². The second-order valence-corrected chi connectivity index (χ2v) is 4.41. The van der Waals surface area contributed by atoms with Crippen LogP contribution in [0.15, 0.2) is 42.5 Å². The number of carbonyl (C=O) groups is 1. The van der Waals surface area contributed by atoms with E-state index < -0.39 is 11.8 Å². The van der Waals surface area contributed by atoms with Gasteiger partial charge >= 0.3 is 5.97 Å². The fraction of sp³-hybridized carbons (Fsp3) is 0.188.